The number of hydrogen-bond donors (Lipinski definition) is 0. The van der Waals surface area contributed by atoms with Gasteiger partial charge in [0.2, 0.25) is 0 Å². The fourth-order valence-corrected chi connectivity index (χ4v) is 2.27. The topological polar surface area (TPSA) is 30.0 Å². The Kier molecular flexibility index (Phi) is 2.62. The zero-order valence-electron chi connectivity index (χ0n) is 8.28. The lowest BCUT2D eigenvalue weighted by Crippen LogP contribution is -2.31. The molecule has 0 radical (unpaired) electrons. The predicted octanol–water partition coefficient (Wildman–Crippen LogP) is 2.48. The van der Waals surface area contributed by atoms with Crippen molar-refractivity contribution < 1.29 is 4.79 Å². The molecule has 0 spiro atoms. The third-order valence-electron chi connectivity index (χ3n) is 3.15. The fraction of sp³-hybridized carbons (Fsp3) is 0.500. The van der Waals surface area contributed by atoms with Crippen molar-refractivity contribution in [3.63, 3.8) is 0 Å². The molecular weight excluding hydrogens is 174 g/mol. The summed E-state index contributed by atoms with van der Waals surface area (Å²) in [4.78, 5) is 15.6. The van der Waals surface area contributed by atoms with Crippen LogP contribution in [0.3, 0.4) is 0 Å². The molecule has 1 fully saturated rings. The average molecular weight is 189 g/mol. The zero-order valence-corrected chi connectivity index (χ0v) is 8.28. The number of carbonyl (C=O) groups excluding carboxylic acids is 1. The first-order valence-corrected chi connectivity index (χ1v) is 5.25. The van der Waals surface area contributed by atoms with E-state index in [1.54, 1.807) is 6.20 Å². The number of rotatable bonds is 2. The normalized spacial score (nSPS) is 20.3. The lowest BCUT2D eigenvalue weighted by Gasteiger charge is -2.31. The minimum Gasteiger partial charge on any atom is -0.302 e. The van der Waals surface area contributed by atoms with Crippen LogP contribution < -0.4 is 0 Å². The molecule has 1 saturated carbocycles. The molecule has 0 saturated heterocycles. The van der Waals surface area contributed by atoms with Crippen LogP contribution in [0.5, 0.6) is 0 Å². The molecule has 14 heavy (non-hydrogen) atoms. The van der Waals surface area contributed by atoms with E-state index in [2.05, 4.69) is 4.98 Å². The Morgan fingerprint density at radius 3 is 2.57 bits per heavy atom. The molecule has 1 aromatic heterocycles. The van der Waals surface area contributed by atoms with Crippen LogP contribution in [0.1, 0.15) is 37.8 Å². The first-order valence-electron chi connectivity index (χ1n) is 5.25. The summed E-state index contributed by atoms with van der Waals surface area (Å²) in [5, 5.41) is 0. The van der Waals surface area contributed by atoms with Gasteiger partial charge in [0.25, 0.3) is 0 Å². The second-order valence-electron chi connectivity index (χ2n) is 4.05. The van der Waals surface area contributed by atoms with Gasteiger partial charge in [-0.1, -0.05) is 25.3 Å². The van der Waals surface area contributed by atoms with Crippen LogP contribution in [0, 0.1) is 0 Å². The molecule has 0 atom stereocenters. The van der Waals surface area contributed by atoms with Crippen molar-refractivity contribution in [3.8, 4) is 0 Å². The number of aromatic nitrogens is 1. The second-order valence-corrected chi connectivity index (χ2v) is 4.05. The summed E-state index contributed by atoms with van der Waals surface area (Å²) in [5.41, 5.74) is 0.675. The number of pyridine rings is 1. The van der Waals surface area contributed by atoms with Crippen molar-refractivity contribution in [2.75, 3.05) is 0 Å². The molecule has 2 rings (SSSR count). The third kappa shape index (κ3) is 1.57. The van der Waals surface area contributed by atoms with Crippen molar-refractivity contribution in [1.29, 1.82) is 0 Å². The SMILES string of the molecule is O=CC1(c2ccccn2)CCCCC1. The van der Waals surface area contributed by atoms with E-state index in [-0.39, 0.29) is 5.41 Å². The van der Waals surface area contributed by atoms with E-state index < -0.39 is 0 Å². The molecule has 74 valence electrons. The molecule has 1 aliphatic carbocycles. The highest BCUT2D eigenvalue weighted by Crippen LogP contribution is 2.36. The maximum atomic E-state index is 11.2. The first-order chi connectivity index (χ1) is 6.87. The summed E-state index contributed by atoms with van der Waals surface area (Å²) in [6, 6.07) is 5.83. The quantitative estimate of drug-likeness (QED) is 0.669. The Morgan fingerprint density at radius 2 is 2.00 bits per heavy atom. The van der Waals surface area contributed by atoms with Crippen molar-refractivity contribution >= 4 is 6.29 Å². The minimum atomic E-state index is -0.278. The molecule has 0 unspecified atom stereocenters. The van der Waals surface area contributed by atoms with Gasteiger partial charge in [0.05, 0.1) is 11.1 Å². The molecule has 2 heteroatoms. The highest BCUT2D eigenvalue weighted by molar-refractivity contribution is 5.67. The van der Waals surface area contributed by atoms with Crippen LogP contribution in [0.2, 0.25) is 0 Å². The van der Waals surface area contributed by atoms with Crippen LogP contribution in [0.4, 0.5) is 0 Å². The van der Waals surface area contributed by atoms with Gasteiger partial charge in [-0.05, 0) is 25.0 Å². The maximum absolute atomic E-state index is 11.2. The molecule has 1 aromatic rings. The van der Waals surface area contributed by atoms with Gasteiger partial charge < -0.3 is 4.79 Å². The minimum absolute atomic E-state index is 0.278. The monoisotopic (exact) mass is 189 g/mol. The number of aldehydes is 1. The highest BCUT2D eigenvalue weighted by Gasteiger charge is 2.34. The van der Waals surface area contributed by atoms with Crippen molar-refractivity contribution in [2.45, 2.75) is 37.5 Å². The van der Waals surface area contributed by atoms with E-state index in [9.17, 15) is 4.79 Å². The van der Waals surface area contributed by atoms with E-state index in [0.29, 0.717) is 0 Å². The number of carbonyl (C=O) groups is 1. The van der Waals surface area contributed by atoms with Gasteiger partial charge >= 0.3 is 0 Å². The smallest absolute Gasteiger partial charge is 0.132 e. The molecule has 2 nitrogen and oxygen atoms in total. The molecule has 0 aromatic carbocycles. The molecule has 1 heterocycles. The van der Waals surface area contributed by atoms with Gasteiger partial charge in [-0.15, -0.1) is 0 Å². The standard InChI is InChI=1S/C12H15NO/c14-10-12(7-3-1-4-8-12)11-6-2-5-9-13-11/h2,5-6,9-10H,1,3-4,7-8H2. The zero-order chi connectivity index (χ0) is 9.86. The summed E-state index contributed by atoms with van der Waals surface area (Å²) in [6.07, 6.45) is 8.36. The van der Waals surface area contributed by atoms with Crippen LogP contribution in [-0.2, 0) is 10.2 Å². The van der Waals surface area contributed by atoms with Crippen LogP contribution in [0.25, 0.3) is 0 Å². The lowest BCUT2D eigenvalue weighted by atomic mass is 9.73. The number of hydrogen-bond acceptors (Lipinski definition) is 2. The second kappa shape index (κ2) is 3.91. The largest absolute Gasteiger partial charge is 0.302 e. The van der Waals surface area contributed by atoms with E-state index in [1.807, 2.05) is 18.2 Å². The average Bonchev–Trinajstić information content (AvgIpc) is 2.31. The van der Waals surface area contributed by atoms with Crippen molar-refractivity contribution in [1.82, 2.24) is 4.98 Å². The lowest BCUT2D eigenvalue weighted by molar-refractivity contribution is -0.113. The summed E-state index contributed by atoms with van der Waals surface area (Å²) >= 11 is 0. The van der Waals surface area contributed by atoms with Gasteiger partial charge in [-0.25, -0.2) is 0 Å². The molecule has 0 N–H and O–H groups in total. The highest BCUT2D eigenvalue weighted by atomic mass is 16.1. The molecule has 0 amide bonds. The fourth-order valence-electron chi connectivity index (χ4n) is 2.27. The van der Waals surface area contributed by atoms with Gasteiger partial charge in [0.1, 0.15) is 6.29 Å². The summed E-state index contributed by atoms with van der Waals surface area (Å²) < 4.78 is 0. The Morgan fingerprint density at radius 1 is 1.21 bits per heavy atom. The summed E-state index contributed by atoms with van der Waals surface area (Å²) in [6.45, 7) is 0. The molecule has 0 aliphatic heterocycles. The Hall–Kier alpha value is -1.18. The Balaban J connectivity index is 2.32. The predicted molar refractivity (Wildman–Crippen MR) is 55.1 cm³/mol. The summed E-state index contributed by atoms with van der Waals surface area (Å²) in [7, 11) is 0. The third-order valence-corrected chi connectivity index (χ3v) is 3.15. The molecule has 1 aliphatic rings. The Labute approximate surface area is 84.4 Å². The van der Waals surface area contributed by atoms with Crippen LogP contribution in [0.15, 0.2) is 24.4 Å². The maximum Gasteiger partial charge on any atom is 0.132 e. The first kappa shape index (κ1) is 9.38. The summed E-state index contributed by atoms with van der Waals surface area (Å²) in [5.74, 6) is 0. The van der Waals surface area contributed by atoms with Crippen LogP contribution >= 0.6 is 0 Å². The van der Waals surface area contributed by atoms with E-state index >= 15 is 0 Å². The molecular formula is C12H15NO. The number of nitrogens with zero attached hydrogens (tertiary/aromatic N) is 1. The van der Waals surface area contributed by atoms with Crippen molar-refractivity contribution in [3.05, 3.63) is 30.1 Å². The van der Waals surface area contributed by atoms with E-state index in [4.69, 9.17) is 0 Å². The van der Waals surface area contributed by atoms with Crippen molar-refractivity contribution in [2.24, 2.45) is 0 Å². The van der Waals surface area contributed by atoms with Gasteiger partial charge in [-0.3, -0.25) is 4.98 Å². The van der Waals surface area contributed by atoms with Gasteiger partial charge in [-0.2, -0.15) is 0 Å². The molecule has 0 bridgehead atoms. The van der Waals surface area contributed by atoms with Gasteiger partial charge in [0, 0.05) is 6.20 Å². The van der Waals surface area contributed by atoms with Crippen LogP contribution in [-0.4, -0.2) is 11.3 Å². The Bertz CT molecular complexity index is 301. The van der Waals surface area contributed by atoms with E-state index in [1.165, 1.54) is 6.42 Å². The van der Waals surface area contributed by atoms with E-state index in [0.717, 1.165) is 37.7 Å². The van der Waals surface area contributed by atoms with Gasteiger partial charge in [0.15, 0.2) is 0 Å².